The van der Waals surface area contributed by atoms with Crippen LogP contribution in [0.4, 0.5) is 0 Å². The third kappa shape index (κ3) is 2.67. The maximum absolute atomic E-state index is 11.5. The highest BCUT2D eigenvalue weighted by Crippen LogP contribution is 2.25. The number of rotatable bonds is 3. The Kier molecular flexibility index (Phi) is 3.58. The Labute approximate surface area is 130 Å². The van der Waals surface area contributed by atoms with E-state index in [1.165, 1.54) is 6.26 Å². The molecule has 0 atom stereocenters. The quantitative estimate of drug-likeness (QED) is 0.746. The molecule has 0 fully saturated rings. The van der Waals surface area contributed by atoms with Crippen LogP contribution in [-0.2, 0) is 9.84 Å². The van der Waals surface area contributed by atoms with Gasteiger partial charge < -0.3 is 4.57 Å². The van der Waals surface area contributed by atoms with Crippen LogP contribution in [-0.4, -0.2) is 24.2 Å². The van der Waals surface area contributed by atoms with Gasteiger partial charge in [-0.15, -0.1) is 0 Å². The summed E-state index contributed by atoms with van der Waals surface area (Å²) < 4.78 is 25.1. The molecule has 0 radical (unpaired) electrons. The number of pyridine rings is 1. The first-order chi connectivity index (χ1) is 10.5. The van der Waals surface area contributed by atoms with Gasteiger partial charge in [-0.25, -0.2) is 8.42 Å². The molecule has 1 aromatic carbocycles. The molecule has 0 spiro atoms. The van der Waals surface area contributed by atoms with E-state index in [0.717, 1.165) is 22.6 Å². The molecule has 0 aliphatic rings. The molecule has 0 aliphatic carbocycles. The Morgan fingerprint density at radius 1 is 1.00 bits per heavy atom. The van der Waals surface area contributed by atoms with Crippen molar-refractivity contribution in [2.45, 2.75) is 11.8 Å². The van der Waals surface area contributed by atoms with Crippen molar-refractivity contribution >= 4 is 9.84 Å². The summed E-state index contributed by atoms with van der Waals surface area (Å²) in [6.45, 7) is 2.02. The van der Waals surface area contributed by atoms with E-state index in [4.69, 9.17) is 0 Å². The summed E-state index contributed by atoms with van der Waals surface area (Å²) in [6, 6.07) is 14.7. The van der Waals surface area contributed by atoms with Gasteiger partial charge in [-0.3, -0.25) is 4.98 Å². The van der Waals surface area contributed by atoms with Gasteiger partial charge >= 0.3 is 0 Å². The molecule has 0 amide bonds. The van der Waals surface area contributed by atoms with Gasteiger partial charge in [0.05, 0.1) is 16.3 Å². The molecule has 4 nitrogen and oxygen atoms in total. The molecule has 22 heavy (non-hydrogen) atoms. The minimum absolute atomic E-state index is 0.318. The van der Waals surface area contributed by atoms with E-state index in [-0.39, 0.29) is 0 Å². The van der Waals surface area contributed by atoms with Crippen molar-refractivity contribution in [2.24, 2.45) is 0 Å². The third-order valence-electron chi connectivity index (χ3n) is 3.54. The van der Waals surface area contributed by atoms with Crippen LogP contribution in [0.5, 0.6) is 0 Å². The Morgan fingerprint density at radius 3 is 2.36 bits per heavy atom. The first-order valence-electron chi connectivity index (χ1n) is 6.86. The molecule has 0 aliphatic heterocycles. The molecule has 2 heterocycles. The second kappa shape index (κ2) is 5.42. The maximum Gasteiger partial charge on any atom is 0.175 e. The summed E-state index contributed by atoms with van der Waals surface area (Å²) in [5.74, 6) is 0. The van der Waals surface area contributed by atoms with Crippen molar-refractivity contribution in [3.63, 3.8) is 0 Å². The largest absolute Gasteiger partial charge is 0.315 e. The van der Waals surface area contributed by atoms with Crippen LogP contribution in [0, 0.1) is 6.92 Å². The van der Waals surface area contributed by atoms with E-state index in [1.54, 1.807) is 30.5 Å². The van der Waals surface area contributed by atoms with Crippen LogP contribution in [0.1, 0.15) is 5.56 Å². The Hall–Kier alpha value is -2.40. The molecule has 0 saturated heterocycles. The van der Waals surface area contributed by atoms with Gasteiger partial charge in [-0.05, 0) is 55.0 Å². The van der Waals surface area contributed by atoms with Crippen LogP contribution in [0.2, 0.25) is 0 Å². The predicted octanol–water partition coefficient (Wildman–Crippen LogP) is 3.25. The second-order valence-corrected chi connectivity index (χ2v) is 7.21. The number of aromatic nitrogens is 2. The van der Waals surface area contributed by atoms with Gasteiger partial charge in [-0.1, -0.05) is 6.07 Å². The van der Waals surface area contributed by atoms with Gasteiger partial charge in [0.1, 0.15) is 0 Å². The minimum atomic E-state index is -3.18. The first kappa shape index (κ1) is 14.5. The zero-order valence-electron chi connectivity index (χ0n) is 12.4. The van der Waals surface area contributed by atoms with E-state index < -0.39 is 9.84 Å². The lowest BCUT2D eigenvalue weighted by atomic mass is 10.1. The fourth-order valence-electron chi connectivity index (χ4n) is 2.41. The molecule has 2 aromatic heterocycles. The number of aryl methyl sites for hydroxylation is 1. The van der Waals surface area contributed by atoms with Gasteiger partial charge in [0.2, 0.25) is 0 Å². The number of hydrogen-bond donors (Lipinski definition) is 0. The Bertz CT molecular complexity index is 910. The molecule has 3 aromatic rings. The topological polar surface area (TPSA) is 52.0 Å². The summed E-state index contributed by atoms with van der Waals surface area (Å²) in [7, 11) is -3.18. The first-order valence-corrected chi connectivity index (χ1v) is 8.76. The Morgan fingerprint density at radius 2 is 1.73 bits per heavy atom. The van der Waals surface area contributed by atoms with Crippen molar-refractivity contribution in [2.75, 3.05) is 6.26 Å². The lowest BCUT2D eigenvalue weighted by molar-refractivity contribution is 0.602. The number of hydrogen-bond acceptors (Lipinski definition) is 3. The van der Waals surface area contributed by atoms with Gasteiger partial charge in [0.25, 0.3) is 0 Å². The fourth-order valence-corrected chi connectivity index (χ4v) is 3.04. The number of nitrogens with zero attached hydrogens (tertiary/aromatic N) is 2. The van der Waals surface area contributed by atoms with E-state index in [0.29, 0.717) is 4.90 Å². The molecular formula is C17H16N2O2S. The van der Waals surface area contributed by atoms with Crippen LogP contribution < -0.4 is 0 Å². The SMILES string of the molecule is Cc1cccnc1-c1cccn1-c1ccc(S(C)(=O)=O)cc1. The van der Waals surface area contributed by atoms with Crippen molar-refractivity contribution in [1.29, 1.82) is 0 Å². The van der Waals surface area contributed by atoms with Crippen molar-refractivity contribution in [3.05, 3.63) is 66.5 Å². The predicted molar refractivity (Wildman–Crippen MR) is 86.8 cm³/mol. The summed E-state index contributed by atoms with van der Waals surface area (Å²) >= 11 is 0. The average Bonchev–Trinajstić information content (AvgIpc) is 2.96. The van der Waals surface area contributed by atoms with Gasteiger partial charge in [0.15, 0.2) is 9.84 Å². The molecule has 0 saturated carbocycles. The summed E-state index contributed by atoms with van der Waals surface area (Å²) in [4.78, 5) is 4.77. The summed E-state index contributed by atoms with van der Waals surface area (Å²) in [5.41, 5.74) is 3.89. The van der Waals surface area contributed by atoms with E-state index in [9.17, 15) is 8.42 Å². The van der Waals surface area contributed by atoms with E-state index in [1.807, 2.05) is 42.0 Å². The van der Waals surface area contributed by atoms with Crippen molar-refractivity contribution in [1.82, 2.24) is 9.55 Å². The lowest BCUT2D eigenvalue weighted by Crippen LogP contribution is -2.00. The van der Waals surface area contributed by atoms with Crippen LogP contribution >= 0.6 is 0 Å². The van der Waals surface area contributed by atoms with Crippen molar-refractivity contribution in [3.8, 4) is 17.1 Å². The molecular weight excluding hydrogens is 296 g/mol. The summed E-state index contributed by atoms with van der Waals surface area (Å²) in [5, 5.41) is 0. The zero-order valence-corrected chi connectivity index (χ0v) is 13.2. The van der Waals surface area contributed by atoms with Crippen molar-refractivity contribution < 1.29 is 8.42 Å². The normalized spacial score (nSPS) is 11.5. The number of benzene rings is 1. The van der Waals surface area contributed by atoms with Gasteiger partial charge in [-0.2, -0.15) is 0 Å². The standard InChI is InChI=1S/C17H16N2O2S/c1-13-5-3-11-18-17(13)16-6-4-12-19(16)14-7-9-15(10-8-14)22(2,20)21/h3-12H,1-2H3. The van der Waals surface area contributed by atoms with Crippen LogP contribution in [0.3, 0.4) is 0 Å². The molecule has 5 heteroatoms. The highest BCUT2D eigenvalue weighted by atomic mass is 32.2. The average molecular weight is 312 g/mol. The monoisotopic (exact) mass is 312 g/mol. The highest BCUT2D eigenvalue weighted by molar-refractivity contribution is 7.90. The molecule has 0 bridgehead atoms. The minimum Gasteiger partial charge on any atom is -0.315 e. The fraction of sp³-hybridized carbons (Fsp3) is 0.118. The highest BCUT2D eigenvalue weighted by Gasteiger charge is 2.11. The maximum atomic E-state index is 11.5. The zero-order chi connectivity index (χ0) is 15.7. The number of sulfone groups is 1. The smallest absolute Gasteiger partial charge is 0.175 e. The lowest BCUT2D eigenvalue weighted by Gasteiger charge is -2.11. The Balaban J connectivity index is 2.08. The van der Waals surface area contributed by atoms with E-state index in [2.05, 4.69) is 4.98 Å². The molecule has 112 valence electrons. The second-order valence-electron chi connectivity index (χ2n) is 5.20. The van der Waals surface area contributed by atoms with Gasteiger partial charge in [0, 0.05) is 24.3 Å². The molecule has 3 rings (SSSR count). The third-order valence-corrected chi connectivity index (χ3v) is 4.67. The van der Waals surface area contributed by atoms with Crippen LogP contribution in [0.25, 0.3) is 17.1 Å². The van der Waals surface area contributed by atoms with E-state index >= 15 is 0 Å². The summed E-state index contributed by atoms with van der Waals surface area (Å²) in [6.07, 6.45) is 4.92. The molecule has 0 unspecified atom stereocenters. The van der Waals surface area contributed by atoms with Crippen LogP contribution in [0.15, 0.2) is 65.8 Å². The molecule has 0 N–H and O–H groups in total.